The molecule has 0 aliphatic carbocycles. The second-order valence-corrected chi connectivity index (χ2v) is 4.78. The van der Waals surface area contributed by atoms with Gasteiger partial charge in [-0.05, 0) is 31.5 Å². The van der Waals surface area contributed by atoms with Crippen molar-refractivity contribution < 1.29 is 28.5 Å². The minimum absolute atomic E-state index is 0. The van der Waals surface area contributed by atoms with E-state index in [1.807, 2.05) is 13.8 Å². The summed E-state index contributed by atoms with van der Waals surface area (Å²) >= 11 is 0. The summed E-state index contributed by atoms with van der Waals surface area (Å²) in [5.41, 5.74) is 13.3. The number of hydrogen-bond acceptors (Lipinski definition) is 4. The first-order valence-corrected chi connectivity index (χ1v) is 5.49. The Balaban J connectivity index is 0.00000162. The molecule has 0 saturated heterocycles. The fourth-order valence-electron chi connectivity index (χ4n) is 2.22. The van der Waals surface area contributed by atoms with Gasteiger partial charge in [-0.3, -0.25) is 4.79 Å². The topological polar surface area (TPSA) is 95.4 Å². The van der Waals surface area contributed by atoms with Crippen LogP contribution in [0.3, 0.4) is 0 Å². The number of nitrogen functional groups attached to an aromatic ring is 2. The SMILES string of the molecule is CC1(C)C(=O)N(CC[O-])c2cc(N)c(N)cc21.[V]. The first-order valence-electron chi connectivity index (χ1n) is 5.49. The standard InChI is InChI=1S/C12H16N3O2.V/c1-12(2)7-5-8(13)9(14)6-10(7)15(3-4-16)11(12)17;/h5-6H,3-4,13-14H2,1-2H3;/q-1;. The fraction of sp³-hybridized carbons (Fsp3) is 0.417. The van der Waals surface area contributed by atoms with E-state index < -0.39 is 5.41 Å². The zero-order valence-electron chi connectivity index (χ0n) is 10.4. The van der Waals surface area contributed by atoms with Gasteiger partial charge in [-0.2, -0.15) is 0 Å². The van der Waals surface area contributed by atoms with Crippen molar-refractivity contribution in [2.45, 2.75) is 19.3 Å². The predicted molar refractivity (Wildman–Crippen MR) is 65.5 cm³/mol. The number of benzene rings is 1. The first kappa shape index (κ1) is 14.9. The zero-order valence-corrected chi connectivity index (χ0v) is 11.8. The number of carbonyl (C=O) groups is 1. The van der Waals surface area contributed by atoms with E-state index in [1.165, 1.54) is 4.90 Å². The van der Waals surface area contributed by atoms with Crippen LogP contribution in [0.2, 0.25) is 0 Å². The molecule has 0 aromatic heterocycles. The normalized spacial score (nSPS) is 16.4. The molecule has 2 rings (SSSR count). The molecule has 0 saturated carbocycles. The molecule has 1 aromatic carbocycles. The molecule has 1 aliphatic heterocycles. The van der Waals surface area contributed by atoms with Crippen LogP contribution >= 0.6 is 0 Å². The Labute approximate surface area is 118 Å². The van der Waals surface area contributed by atoms with Gasteiger partial charge in [-0.25, -0.2) is 0 Å². The van der Waals surface area contributed by atoms with Crippen molar-refractivity contribution in [1.82, 2.24) is 0 Å². The number of nitrogens with zero attached hydrogens (tertiary/aromatic N) is 1. The average molecular weight is 285 g/mol. The van der Waals surface area contributed by atoms with Gasteiger partial charge >= 0.3 is 0 Å². The number of amides is 1. The van der Waals surface area contributed by atoms with Crippen LogP contribution in [0.1, 0.15) is 19.4 Å². The fourth-order valence-corrected chi connectivity index (χ4v) is 2.22. The van der Waals surface area contributed by atoms with Crippen LogP contribution in [0.15, 0.2) is 12.1 Å². The summed E-state index contributed by atoms with van der Waals surface area (Å²) in [5.74, 6) is -0.0756. The number of anilines is 3. The number of carbonyl (C=O) groups excluding carboxylic acids is 1. The van der Waals surface area contributed by atoms with Crippen molar-refractivity contribution in [2.75, 3.05) is 29.5 Å². The molecule has 1 aliphatic rings. The van der Waals surface area contributed by atoms with Crippen LogP contribution < -0.4 is 21.5 Å². The number of rotatable bonds is 2. The Morgan fingerprint density at radius 2 is 1.83 bits per heavy atom. The van der Waals surface area contributed by atoms with Crippen molar-refractivity contribution in [3.8, 4) is 0 Å². The maximum atomic E-state index is 12.2. The van der Waals surface area contributed by atoms with E-state index >= 15 is 0 Å². The van der Waals surface area contributed by atoms with E-state index in [9.17, 15) is 9.90 Å². The molecule has 1 amide bonds. The molecule has 0 fully saturated rings. The summed E-state index contributed by atoms with van der Waals surface area (Å²) in [5, 5.41) is 10.8. The molecule has 0 spiro atoms. The maximum absolute atomic E-state index is 12.2. The van der Waals surface area contributed by atoms with Crippen LogP contribution in [0, 0.1) is 0 Å². The number of fused-ring (bicyclic) bond motifs is 1. The second-order valence-electron chi connectivity index (χ2n) is 4.78. The second kappa shape index (κ2) is 4.84. The average Bonchev–Trinajstić information content (AvgIpc) is 2.43. The van der Waals surface area contributed by atoms with Gasteiger partial charge in [0.25, 0.3) is 0 Å². The van der Waals surface area contributed by atoms with E-state index in [4.69, 9.17) is 11.5 Å². The summed E-state index contributed by atoms with van der Waals surface area (Å²) in [7, 11) is 0. The molecular weight excluding hydrogens is 269 g/mol. The Bertz CT molecular complexity index is 488. The Kier molecular flexibility index (Phi) is 4.00. The van der Waals surface area contributed by atoms with Gasteiger partial charge in [0.15, 0.2) is 0 Å². The van der Waals surface area contributed by atoms with Gasteiger partial charge in [0.2, 0.25) is 5.91 Å². The van der Waals surface area contributed by atoms with Crippen LogP contribution in [0.5, 0.6) is 0 Å². The van der Waals surface area contributed by atoms with Crippen LogP contribution in [-0.4, -0.2) is 19.1 Å². The van der Waals surface area contributed by atoms with E-state index in [2.05, 4.69) is 0 Å². The Morgan fingerprint density at radius 3 is 2.39 bits per heavy atom. The monoisotopic (exact) mass is 285 g/mol. The number of hydrogen-bond donors (Lipinski definition) is 2. The number of nitrogens with two attached hydrogens (primary N) is 2. The molecule has 0 atom stereocenters. The van der Waals surface area contributed by atoms with Gasteiger partial charge in [0, 0.05) is 25.1 Å². The minimum Gasteiger partial charge on any atom is -0.853 e. The molecule has 1 aromatic rings. The van der Waals surface area contributed by atoms with Gasteiger partial charge in [0.1, 0.15) is 0 Å². The van der Waals surface area contributed by atoms with E-state index in [-0.39, 0.29) is 37.6 Å². The molecule has 4 N–H and O–H groups in total. The summed E-state index contributed by atoms with van der Waals surface area (Å²) in [6.07, 6.45) is 0. The van der Waals surface area contributed by atoms with Crippen LogP contribution in [-0.2, 0) is 28.8 Å². The summed E-state index contributed by atoms with van der Waals surface area (Å²) < 4.78 is 0. The van der Waals surface area contributed by atoms with Crippen molar-refractivity contribution in [2.24, 2.45) is 0 Å². The largest absolute Gasteiger partial charge is 0.853 e. The van der Waals surface area contributed by atoms with Crippen molar-refractivity contribution in [3.05, 3.63) is 17.7 Å². The summed E-state index contributed by atoms with van der Waals surface area (Å²) in [6.45, 7) is 3.49. The van der Waals surface area contributed by atoms with Gasteiger partial charge in [-0.1, -0.05) is 0 Å². The minimum atomic E-state index is -0.647. The van der Waals surface area contributed by atoms with E-state index in [0.29, 0.717) is 17.1 Å². The predicted octanol–water partition coefficient (Wildman–Crippen LogP) is -0.167. The quantitative estimate of drug-likeness (QED) is 0.738. The van der Waals surface area contributed by atoms with Crippen molar-refractivity contribution in [3.63, 3.8) is 0 Å². The van der Waals surface area contributed by atoms with Crippen LogP contribution in [0.25, 0.3) is 0 Å². The molecule has 1 heterocycles. The molecule has 1 radical (unpaired) electrons. The van der Waals surface area contributed by atoms with Gasteiger partial charge < -0.3 is 21.5 Å². The third-order valence-electron chi connectivity index (χ3n) is 3.26. The Hall–Kier alpha value is -1.17. The molecular formula is C12H16N3O2V-. The van der Waals surface area contributed by atoms with Gasteiger partial charge in [-0.15, -0.1) is 6.61 Å². The molecule has 5 nitrogen and oxygen atoms in total. The molecule has 0 bridgehead atoms. The van der Waals surface area contributed by atoms with Crippen molar-refractivity contribution >= 4 is 23.0 Å². The molecule has 18 heavy (non-hydrogen) atoms. The first-order chi connectivity index (χ1) is 7.89. The summed E-state index contributed by atoms with van der Waals surface area (Å²) in [6, 6.07) is 3.40. The van der Waals surface area contributed by atoms with Crippen molar-refractivity contribution in [1.29, 1.82) is 0 Å². The molecule has 6 heteroatoms. The third-order valence-corrected chi connectivity index (χ3v) is 3.26. The maximum Gasteiger partial charge on any atom is 0.237 e. The van der Waals surface area contributed by atoms with E-state index in [0.717, 1.165) is 5.56 Å². The van der Waals surface area contributed by atoms with E-state index in [1.54, 1.807) is 12.1 Å². The van der Waals surface area contributed by atoms with Gasteiger partial charge in [0.05, 0.1) is 22.5 Å². The molecule has 0 unspecified atom stereocenters. The summed E-state index contributed by atoms with van der Waals surface area (Å²) in [4.78, 5) is 13.7. The third kappa shape index (κ3) is 1.98. The molecule has 97 valence electrons. The smallest absolute Gasteiger partial charge is 0.237 e. The zero-order chi connectivity index (χ0) is 12.8. The Morgan fingerprint density at radius 1 is 1.28 bits per heavy atom. The van der Waals surface area contributed by atoms with Crippen LogP contribution in [0.4, 0.5) is 17.1 Å².